The van der Waals surface area contributed by atoms with Crippen LogP contribution in [-0.2, 0) is 10.3 Å². The van der Waals surface area contributed by atoms with Crippen molar-refractivity contribution in [3.63, 3.8) is 0 Å². The first-order valence-corrected chi connectivity index (χ1v) is 9.35. The van der Waals surface area contributed by atoms with Gasteiger partial charge >= 0.3 is 0 Å². The number of aliphatic hydroxyl groups is 2. The number of ether oxygens (including phenoxy) is 1. The van der Waals surface area contributed by atoms with Crippen LogP contribution in [0.3, 0.4) is 0 Å². The van der Waals surface area contributed by atoms with Crippen molar-refractivity contribution in [3.05, 3.63) is 70.7 Å². The molecule has 4 nitrogen and oxygen atoms in total. The van der Waals surface area contributed by atoms with Crippen LogP contribution in [0, 0.1) is 0 Å². The molecule has 0 spiro atoms. The first-order valence-electron chi connectivity index (χ1n) is 8.97. The number of nitrogens with zero attached hydrogens (tertiary/aromatic N) is 1. The molecule has 26 heavy (non-hydrogen) atoms. The van der Waals surface area contributed by atoms with Gasteiger partial charge in [0.2, 0.25) is 0 Å². The molecule has 0 radical (unpaired) electrons. The molecule has 0 aliphatic carbocycles. The molecule has 2 N–H and O–H groups in total. The zero-order valence-electron chi connectivity index (χ0n) is 15.2. The highest BCUT2D eigenvalue weighted by Crippen LogP contribution is 2.38. The Kier molecular flexibility index (Phi) is 5.70. The van der Waals surface area contributed by atoms with Gasteiger partial charge < -0.3 is 19.8 Å². The van der Waals surface area contributed by atoms with Gasteiger partial charge in [0.1, 0.15) is 5.60 Å². The van der Waals surface area contributed by atoms with Crippen LogP contribution < -0.4 is 0 Å². The number of halogens is 1. The number of hydrogen-bond donors (Lipinski definition) is 2. The molecular formula is C21H26ClNO3. The zero-order valence-corrected chi connectivity index (χ0v) is 16.0. The molecule has 0 bridgehead atoms. The minimum absolute atomic E-state index is 0.0928. The second kappa shape index (κ2) is 7.67. The van der Waals surface area contributed by atoms with E-state index >= 15 is 0 Å². The fourth-order valence-corrected chi connectivity index (χ4v) is 3.85. The summed E-state index contributed by atoms with van der Waals surface area (Å²) in [4.78, 5) is 2.15. The van der Waals surface area contributed by atoms with Crippen molar-refractivity contribution in [1.29, 1.82) is 0 Å². The molecule has 0 saturated carbocycles. The molecule has 2 aromatic carbocycles. The zero-order chi connectivity index (χ0) is 18.8. The minimum atomic E-state index is -2.24. The van der Waals surface area contributed by atoms with E-state index in [1.165, 1.54) is 0 Å². The van der Waals surface area contributed by atoms with Crippen LogP contribution in [0.2, 0.25) is 5.02 Å². The van der Waals surface area contributed by atoms with E-state index in [2.05, 4.69) is 4.90 Å². The summed E-state index contributed by atoms with van der Waals surface area (Å²) in [6.07, 6.45) is 2.13. The largest absolute Gasteiger partial charge is 0.343 e. The molecule has 2 aromatic rings. The lowest BCUT2D eigenvalue weighted by atomic mass is 9.87. The van der Waals surface area contributed by atoms with Crippen molar-refractivity contribution in [2.45, 2.75) is 43.8 Å². The standard InChI is InChI=1S/C21H26ClNO3/c1-20(16-7-4-3-5-8-16,17-10-12-18(22)13-11-17)26-21(24,25)15-19-9-6-14-23(19)2/h3-5,7-8,10-13,19,24-25H,6,9,14-15H2,1-2H3. The van der Waals surface area contributed by atoms with Crippen LogP contribution in [0.5, 0.6) is 0 Å². The minimum Gasteiger partial charge on any atom is -0.343 e. The summed E-state index contributed by atoms with van der Waals surface area (Å²) in [6.45, 7) is 2.82. The summed E-state index contributed by atoms with van der Waals surface area (Å²) in [6, 6.07) is 17.0. The Hall–Kier alpha value is -1.43. The third-order valence-electron chi connectivity index (χ3n) is 5.26. The van der Waals surface area contributed by atoms with Crippen molar-refractivity contribution in [2.24, 2.45) is 0 Å². The van der Waals surface area contributed by atoms with E-state index in [1.54, 1.807) is 12.1 Å². The van der Waals surface area contributed by atoms with Crippen LogP contribution in [0.1, 0.15) is 37.3 Å². The fraction of sp³-hybridized carbons (Fsp3) is 0.429. The Bertz CT molecular complexity index is 720. The fourth-order valence-electron chi connectivity index (χ4n) is 3.72. The molecule has 2 unspecified atom stereocenters. The van der Waals surface area contributed by atoms with E-state index in [0.717, 1.165) is 30.5 Å². The molecule has 1 aliphatic heterocycles. The highest BCUT2D eigenvalue weighted by Gasteiger charge is 2.41. The number of rotatable bonds is 6. The van der Waals surface area contributed by atoms with Gasteiger partial charge in [-0.15, -0.1) is 0 Å². The Morgan fingerprint density at radius 1 is 1.08 bits per heavy atom. The third-order valence-corrected chi connectivity index (χ3v) is 5.51. The van der Waals surface area contributed by atoms with Crippen LogP contribution in [0.4, 0.5) is 0 Å². The maximum Gasteiger partial charge on any atom is 0.280 e. The van der Waals surface area contributed by atoms with Gasteiger partial charge in [-0.25, -0.2) is 0 Å². The lowest BCUT2D eigenvalue weighted by Gasteiger charge is -2.38. The molecule has 0 aromatic heterocycles. The molecule has 3 rings (SSSR count). The predicted molar refractivity (Wildman–Crippen MR) is 103 cm³/mol. The molecule has 1 aliphatic rings. The molecule has 1 saturated heterocycles. The summed E-state index contributed by atoms with van der Waals surface area (Å²) in [5, 5.41) is 22.0. The second-order valence-electron chi connectivity index (χ2n) is 7.23. The van der Waals surface area contributed by atoms with E-state index in [9.17, 15) is 10.2 Å². The molecule has 1 fully saturated rings. The van der Waals surface area contributed by atoms with Crippen LogP contribution in [0.15, 0.2) is 54.6 Å². The van der Waals surface area contributed by atoms with Crippen molar-refractivity contribution >= 4 is 11.6 Å². The molecule has 140 valence electrons. The van der Waals surface area contributed by atoms with Gasteiger partial charge in [-0.05, 0) is 56.6 Å². The normalized spacial score (nSPS) is 20.9. The van der Waals surface area contributed by atoms with Gasteiger partial charge in [0, 0.05) is 17.5 Å². The monoisotopic (exact) mass is 375 g/mol. The van der Waals surface area contributed by atoms with Crippen LogP contribution >= 0.6 is 11.6 Å². The summed E-state index contributed by atoms with van der Waals surface area (Å²) < 4.78 is 5.99. The van der Waals surface area contributed by atoms with Crippen molar-refractivity contribution in [3.8, 4) is 0 Å². The molecule has 2 atom stereocenters. The molecule has 0 amide bonds. The Labute approximate surface area is 160 Å². The Morgan fingerprint density at radius 2 is 1.69 bits per heavy atom. The van der Waals surface area contributed by atoms with Crippen LogP contribution in [-0.4, -0.2) is 40.7 Å². The maximum absolute atomic E-state index is 10.7. The highest BCUT2D eigenvalue weighted by atomic mass is 35.5. The lowest BCUT2D eigenvalue weighted by Crippen LogP contribution is -2.46. The Morgan fingerprint density at radius 3 is 2.27 bits per heavy atom. The van der Waals surface area contributed by atoms with Gasteiger partial charge in [0.15, 0.2) is 0 Å². The topological polar surface area (TPSA) is 52.9 Å². The van der Waals surface area contributed by atoms with Gasteiger partial charge in [-0.2, -0.15) is 0 Å². The van der Waals surface area contributed by atoms with Gasteiger partial charge in [-0.3, -0.25) is 0 Å². The number of likely N-dealkylation sites (tertiary alicyclic amines) is 1. The highest BCUT2D eigenvalue weighted by molar-refractivity contribution is 6.30. The first kappa shape index (κ1) is 19.3. The maximum atomic E-state index is 10.7. The number of hydrogen-bond acceptors (Lipinski definition) is 4. The van der Waals surface area contributed by atoms with E-state index < -0.39 is 11.6 Å². The van der Waals surface area contributed by atoms with Crippen molar-refractivity contribution in [2.75, 3.05) is 13.6 Å². The van der Waals surface area contributed by atoms with Crippen molar-refractivity contribution < 1.29 is 14.9 Å². The quantitative estimate of drug-likeness (QED) is 0.755. The van der Waals surface area contributed by atoms with Gasteiger partial charge in [0.05, 0.1) is 0 Å². The summed E-state index contributed by atoms with van der Waals surface area (Å²) >= 11 is 6.03. The SMILES string of the molecule is CN1CCCC1CC(O)(O)OC(C)(c1ccccc1)c1ccc(Cl)cc1. The molecule has 1 heterocycles. The Balaban J connectivity index is 1.92. The van der Waals surface area contributed by atoms with E-state index in [0.29, 0.717) is 5.02 Å². The van der Waals surface area contributed by atoms with Crippen molar-refractivity contribution in [1.82, 2.24) is 4.90 Å². The smallest absolute Gasteiger partial charge is 0.280 e. The summed E-state index contributed by atoms with van der Waals surface area (Å²) in [5.74, 6) is -2.24. The summed E-state index contributed by atoms with van der Waals surface area (Å²) in [5.41, 5.74) is 0.627. The van der Waals surface area contributed by atoms with Gasteiger partial charge in [0.25, 0.3) is 5.97 Å². The number of benzene rings is 2. The third kappa shape index (κ3) is 4.27. The predicted octanol–water partition coefficient (Wildman–Crippen LogP) is 3.74. The molecular weight excluding hydrogens is 350 g/mol. The van der Waals surface area contributed by atoms with Gasteiger partial charge in [-0.1, -0.05) is 54.1 Å². The van der Waals surface area contributed by atoms with E-state index in [1.807, 2.05) is 56.4 Å². The van der Waals surface area contributed by atoms with E-state index in [4.69, 9.17) is 16.3 Å². The average molecular weight is 376 g/mol. The summed E-state index contributed by atoms with van der Waals surface area (Å²) in [7, 11) is 2.00. The average Bonchev–Trinajstić information content (AvgIpc) is 3.00. The first-order chi connectivity index (χ1) is 12.3. The van der Waals surface area contributed by atoms with Crippen LogP contribution in [0.25, 0.3) is 0 Å². The second-order valence-corrected chi connectivity index (χ2v) is 7.67. The molecule has 5 heteroatoms. The lowest BCUT2D eigenvalue weighted by molar-refractivity contribution is -0.376. The van der Waals surface area contributed by atoms with E-state index in [-0.39, 0.29) is 12.5 Å².